The summed E-state index contributed by atoms with van der Waals surface area (Å²) < 4.78 is 13.9. The number of Topliss-reactive ketones (excluding diaryl/α,β-unsaturated/α-hetero) is 1. The van der Waals surface area contributed by atoms with Crippen LogP contribution in [0.4, 0.5) is 10.1 Å². The molecule has 108 valence electrons. The molecule has 3 nitrogen and oxygen atoms in total. The Labute approximate surface area is 118 Å². The lowest BCUT2D eigenvalue weighted by Gasteiger charge is -2.32. The van der Waals surface area contributed by atoms with Crippen LogP contribution in [-0.2, 0) is 9.59 Å². The van der Waals surface area contributed by atoms with Crippen LogP contribution >= 0.6 is 0 Å². The second-order valence-corrected chi connectivity index (χ2v) is 5.70. The Bertz CT molecular complexity index is 539. The maximum Gasteiger partial charge on any atom is 0.237 e. The van der Waals surface area contributed by atoms with Crippen molar-refractivity contribution in [2.24, 2.45) is 11.8 Å². The van der Waals surface area contributed by atoms with Gasteiger partial charge in [0.05, 0.1) is 11.6 Å². The summed E-state index contributed by atoms with van der Waals surface area (Å²) in [5.41, 5.74) is 1.18. The van der Waals surface area contributed by atoms with Crippen LogP contribution < -0.4 is 4.90 Å². The normalized spacial score (nSPS) is 19.6. The fourth-order valence-corrected chi connectivity index (χ4v) is 2.61. The number of amides is 1. The fraction of sp³-hybridized carbons (Fsp3) is 0.500. The third kappa shape index (κ3) is 2.74. The van der Waals surface area contributed by atoms with Gasteiger partial charge in [-0.2, -0.15) is 0 Å². The third-order valence-corrected chi connectivity index (χ3v) is 3.74. The molecule has 20 heavy (non-hydrogen) atoms. The Morgan fingerprint density at radius 2 is 2.10 bits per heavy atom. The number of carbonyl (C=O) groups is 2. The lowest BCUT2D eigenvalue weighted by Crippen LogP contribution is -2.45. The molecule has 1 aliphatic heterocycles. The summed E-state index contributed by atoms with van der Waals surface area (Å²) >= 11 is 0. The lowest BCUT2D eigenvalue weighted by molar-refractivity contribution is -0.135. The minimum absolute atomic E-state index is 0.0484. The number of benzene rings is 1. The number of hydrogen-bond donors (Lipinski definition) is 0. The van der Waals surface area contributed by atoms with E-state index in [1.807, 2.05) is 6.92 Å². The molecule has 1 aromatic carbocycles. The summed E-state index contributed by atoms with van der Waals surface area (Å²) in [6.45, 7) is 5.92. The van der Waals surface area contributed by atoms with Crippen LogP contribution in [0.1, 0.15) is 32.3 Å². The molecule has 1 fully saturated rings. The minimum atomic E-state index is -0.622. The van der Waals surface area contributed by atoms with E-state index >= 15 is 0 Å². The molecular formula is C16H20FNO2. The quantitative estimate of drug-likeness (QED) is 0.796. The highest BCUT2D eigenvalue weighted by Crippen LogP contribution is 2.29. The summed E-state index contributed by atoms with van der Waals surface area (Å²) in [5.74, 6) is -1.52. The highest BCUT2D eigenvalue weighted by molar-refractivity contribution is 6.09. The second-order valence-electron chi connectivity index (χ2n) is 5.70. The smallest absolute Gasteiger partial charge is 0.237 e. The Morgan fingerprint density at radius 3 is 2.75 bits per heavy atom. The van der Waals surface area contributed by atoms with Crippen molar-refractivity contribution in [1.29, 1.82) is 0 Å². The molecule has 0 N–H and O–H groups in total. The second kappa shape index (κ2) is 5.73. The number of anilines is 1. The molecule has 0 saturated carbocycles. The first-order chi connectivity index (χ1) is 9.41. The van der Waals surface area contributed by atoms with E-state index in [9.17, 15) is 14.0 Å². The van der Waals surface area contributed by atoms with E-state index in [1.165, 1.54) is 11.0 Å². The van der Waals surface area contributed by atoms with Crippen molar-refractivity contribution < 1.29 is 14.0 Å². The van der Waals surface area contributed by atoms with E-state index in [4.69, 9.17) is 0 Å². The largest absolute Gasteiger partial charge is 0.309 e. The summed E-state index contributed by atoms with van der Waals surface area (Å²) in [6.07, 6.45) is 1.29. The summed E-state index contributed by atoms with van der Waals surface area (Å²) in [5, 5.41) is 0. The summed E-state index contributed by atoms with van der Waals surface area (Å²) in [4.78, 5) is 26.0. The predicted molar refractivity (Wildman–Crippen MR) is 76.1 cm³/mol. The average molecular weight is 277 g/mol. The molecule has 1 aliphatic rings. The Balaban J connectivity index is 2.31. The molecule has 0 unspecified atom stereocenters. The van der Waals surface area contributed by atoms with Gasteiger partial charge in [-0.1, -0.05) is 19.9 Å². The van der Waals surface area contributed by atoms with Crippen LogP contribution in [0, 0.1) is 24.6 Å². The van der Waals surface area contributed by atoms with Crippen LogP contribution in [0.15, 0.2) is 18.2 Å². The highest BCUT2D eigenvalue weighted by Gasteiger charge is 2.36. The monoisotopic (exact) mass is 277 g/mol. The summed E-state index contributed by atoms with van der Waals surface area (Å²) in [7, 11) is 0. The minimum Gasteiger partial charge on any atom is -0.309 e. The Morgan fingerprint density at radius 1 is 1.40 bits per heavy atom. The lowest BCUT2D eigenvalue weighted by atomic mass is 9.87. The standard InChI is InChI=1S/C16H20FNO2/c1-10(2)15(19)12-5-4-8-18(16(12)20)14-9-11(3)6-7-13(14)17/h6-7,9-10,12H,4-5,8H2,1-3H3/t12-/m1/s1. The van der Waals surface area contributed by atoms with Gasteiger partial charge in [-0.3, -0.25) is 9.59 Å². The van der Waals surface area contributed by atoms with Gasteiger partial charge in [0, 0.05) is 12.5 Å². The van der Waals surface area contributed by atoms with Gasteiger partial charge >= 0.3 is 0 Å². The summed E-state index contributed by atoms with van der Waals surface area (Å²) in [6, 6.07) is 4.70. The molecule has 1 aromatic rings. The maximum atomic E-state index is 13.9. The first-order valence-electron chi connectivity index (χ1n) is 7.03. The van der Waals surface area contributed by atoms with Crippen molar-refractivity contribution in [3.63, 3.8) is 0 Å². The molecule has 1 heterocycles. The van der Waals surface area contributed by atoms with E-state index in [0.717, 1.165) is 12.0 Å². The van der Waals surface area contributed by atoms with Gasteiger partial charge in [-0.25, -0.2) is 4.39 Å². The van der Waals surface area contributed by atoms with E-state index in [0.29, 0.717) is 13.0 Å². The van der Waals surface area contributed by atoms with E-state index in [-0.39, 0.29) is 23.3 Å². The topological polar surface area (TPSA) is 37.4 Å². The molecule has 1 atom stereocenters. The number of piperidine rings is 1. The molecule has 2 rings (SSSR count). The molecular weight excluding hydrogens is 257 g/mol. The number of halogens is 1. The zero-order chi connectivity index (χ0) is 14.9. The van der Waals surface area contributed by atoms with Crippen LogP contribution in [-0.4, -0.2) is 18.2 Å². The highest BCUT2D eigenvalue weighted by atomic mass is 19.1. The molecule has 0 aromatic heterocycles. The van der Waals surface area contributed by atoms with Crippen molar-refractivity contribution in [3.05, 3.63) is 29.6 Å². The van der Waals surface area contributed by atoms with Gasteiger partial charge in [0.2, 0.25) is 5.91 Å². The first-order valence-corrected chi connectivity index (χ1v) is 7.03. The van der Waals surface area contributed by atoms with Gasteiger partial charge in [-0.05, 0) is 37.5 Å². The van der Waals surface area contributed by atoms with Crippen LogP contribution in [0.2, 0.25) is 0 Å². The van der Waals surface area contributed by atoms with Crippen molar-refractivity contribution in [1.82, 2.24) is 0 Å². The number of carbonyl (C=O) groups excluding carboxylic acids is 2. The zero-order valence-corrected chi connectivity index (χ0v) is 12.1. The zero-order valence-electron chi connectivity index (χ0n) is 12.1. The SMILES string of the molecule is Cc1ccc(F)c(N2CCC[C@H](C(=O)C(C)C)C2=O)c1. The maximum absolute atomic E-state index is 13.9. The molecule has 1 saturated heterocycles. The molecule has 1 amide bonds. The number of aryl methyl sites for hydroxylation is 1. The molecule has 0 radical (unpaired) electrons. The number of hydrogen-bond acceptors (Lipinski definition) is 2. The van der Waals surface area contributed by atoms with E-state index < -0.39 is 11.7 Å². The van der Waals surface area contributed by atoms with Crippen LogP contribution in [0.3, 0.4) is 0 Å². The van der Waals surface area contributed by atoms with Gasteiger partial charge < -0.3 is 4.90 Å². The van der Waals surface area contributed by atoms with Gasteiger partial charge in [0.1, 0.15) is 11.6 Å². The Kier molecular flexibility index (Phi) is 4.21. The fourth-order valence-electron chi connectivity index (χ4n) is 2.61. The van der Waals surface area contributed by atoms with Gasteiger partial charge in [0.25, 0.3) is 0 Å². The number of ketones is 1. The molecule has 0 bridgehead atoms. The Hall–Kier alpha value is -1.71. The average Bonchev–Trinajstić information content (AvgIpc) is 2.41. The van der Waals surface area contributed by atoms with Crippen LogP contribution in [0.25, 0.3) is 0 Å². The molecule has 0 spiro atoms. The first kappa shape index (κ1) is 14.7. The van der Waals surface area contributed by atoms with Gasteiger partial charge in [0.15, 0.2) is 0 Å². The van der Waals surface area contributed by atoms with Crippen molar-refractivity contribution >= 4 is 17.4 Å². The van der Waals surface area contributed by atoms with Crippen LogP contribution in [0.5, 0.6) is 0 Å². The number of rotatable bonds is 3. The van der Waals surface area contributed by atoms with Crippen molar-refractivity contribution in [3.8, 4) is 0 Å². The molecule has 4 heteroatoms. The predicted octanol–water partition coefficient (Wildman–Crippen LogP) is 3.10. The van der Waals surface area contributed by atoms with Crippen molar-refractivity contribution in [2.75, 3.05) is 11.4 Å². The van der Waals surface area contributed by atoms with E-state index in [1.54, 1.807) is 26.0 Å². The van der Waals surface area contributed by atoms with Gasteiger partial charge in [-0.15, -0.1) is 0 Å². The number of nitrogens with zero attached hydrogens (tertiary/aromatic N) is 1. The third-order valence-electron chi connectivity index (χ3n) is 3.74. The van der Waals surface area contributed by atoms with E-state index in [2.05, 4.69) is 0 Å². The van der Waals surface area contributed by atoms with Crippen molar-refractivity contribution in [2.45, 2.75) is 33.6 Å². The molecule has 0 aliphatic carbocycles.